The number of benzene rings is 1. The maximum atomic E-state index is 5.89. The topological polar surface area (TPSA) is 9.23 Å². The van der Waals surface area contributed by atoms with Gasteiger partial charge in [0.1, 0.15) is 0 Å². The molecule has 1 aromatic carbocycles. The van der Waals surface area contributed by atoms with E-state index in [1.165, 1.54) is 0 Å². The van der Waals surface area contributed by atoms with Gasteiger partial charge in [0.15, 0.2) is 0 Å². The van der Waals surface area contributed by atoms with Crippen molar-refractivity contribution in [3.8, 4) is 0 Å². The summed E-state index contributed by atoms with van der Waals surface area (Å²) in [5.74, 6) is 0. The van der Waals surface area contributed by atoms with Crippen molar-refractivity contribution in [3.05, 3.63) is 34.9 Å². The van der Waals surface area contributed by atoms with Gasteiger partial charge in [-0.1, -0.05) is 37.1 Å². The molecule has 2 heteroatoms. The third-order valence-corrected chi connectivity index (χ3v) is 2.29. The number of hydrogen-bond donors (Lipinski definition) is 0. The van der Waals surface area contributed by atoms with Crippen molar-refractivity contribution >= 4 is 11.6 Å². The standard InChI is InChI=1S/C11H15ClO/c1-3-5-11(13-2)9-6-4-7-10(12)8-9/h4,6-8,11H,3,5H2,1-2H3/t11-/m0/s1. The lowest BCUT2D eigenvalue weighted by atomic mass is 10.1. The van der Waals surface area contributed by atoms with Crippen LogP contribution in [0.4, 0.5) is 0 Å². The van der Waals surface area contributed by atoms with Crippen LogP contribution in [0.15, 0.2) is 24.3 Å². The lowest BCUT2D eigenvalue weighted by molar-refractivity contribution is 0.0950. The van der Waals surface area contributed by atoms with Gasteiger partial charge in [0.2, 0.25) is 0 Å². The smallest absolute Gasteiger partial charge is 0.0821 e. The van der Waals surface area contributed by atoms with Crippen LogP contribution >= 0.6 is 11.6 Å². The zero-order chi connectivity index (χ0) is 9.68. The molecule has 0 fully saturated rings. The van der Waals surface area contributed by atoms with Gasteiger partial charge in [0.05, 0.1) is 6.10 Å². The van der Waals surface area contributed by atoms with Gasteiger partial charge in [-0.3, -0.25) is 0 Å². The van der Waals surface area contributed by atoms with E-state index in [9.17, 15) is 0 Å². The Morgan fingerprint density at radius 3 is 2.77 bits per heavy atom. The van der Waals surface area contributed by atoms with Crippen LogP contribution in [0.2, 0.25) is 5.02 Å². The van der Waals surface area contributed by atoms with E-state index in [0.717, 1.165) is 23.4 Å². The Balaban J connectivity index is 2.78. The van der Waals surface area contributed by atoms with E-state index in [1.807, 2.05) is 18.2 Å². The summed E-state index contributed by atoms with van der Waals surface area (Å²) >= 11 is 5.89. The van der Waals surface area contributed by atoms with Gasteiger partial charge in [-0.2, -0.15) is 0 Å². The fourth-order valence-electron chi connectivity index (χ4n) is 1.39. The maximum Gasteiger partial charge on any atom is 0.0821 e. The predicted octanol–water partition coefficient (Wildman–Crippen LogP) is 3.83. The van der Waals surface area contributed by atoms with Crippen molar-refractivity contribution in [2.24, 2.45) is 0 Å². The second kappa shape index (κ2) is 5.25. The molecule has 0 unspecified atom stereocenters. The van der Waals surface area contributed by atoms with Crippen molar-refractivity contribution in [3.63, 3.8) is 0 Å². The van der Waals surface area contributed by atoms with Crippen LogP contribution in [0.3, 0.4) is 0 Å². The molecular weight excluding hydrogens is 184 g/mol. The highest BCUT2D eigenvalue weighted by atomic mass is 35.5. The Bertz CT molecular complexity index is 260. The summed E-state index contributed by atoms with van der Waals surface area (Å²) in [5, 5.41) is 0.774. The Hall–Kier alpha value is -0.530. The quantitative estimate of drug-likeness (QED) is 0.715. The molecule has 72 valence electrons. The van der Waals surface area contributed by atoms with Crippen molar-refractivity contribution < 1.29 is 4.74 Å². The van der Waals surface area contributed by atoms with Crippen LogP contribution in [0, 0.1) is 0 Å². The Kier molecular flexibility index (Phi) is 4.26. The highest BCUT2D eigenvalue weighted by Crippen LogP contribution is 2.24. The Morgan fingerprint density at radius 2 is 2.23 bits per heavy atom. The molecule has 1 rings (SSSR count). The van der Waals surface area contributed by atoms with Crippen molar-refractivity contribution in [1.82, 2.24) is 0 Å². The van der Waals surface area contributed by atoms with Gasteiger partial charge >= 0.3 is 0 Å². The molecule has 0 saturated heterocycles. The molecule has 1 aromatic rings. The van der Waals surface area contributed by atoms with Gasteiger partial charge in [0, 0.05) is 12.1 Å². The number of ether oxygens (including phenoxy) is 1. The number of rotatable bonds is 4. The van der Waals surface area contributed by atoms with Crippen LogP contribution < -0.4 is 0 Å². The summed E-state index contributed by atoms with van der Waals surface area (Å²) in [6.07, 6.45) is 2.34. The molecule has 0 radical (unpaired) electrons. The maximum absolute atomic E-state index is 5.89. The molecule has 0 aliphatic heterocycles. The van der Waals surface area contributed by atoms with E-state index < -0.39 is 0 Å². The third kappa shape index (κ3) is 3.02. The molecule has 0 N–H and O–H groups in total. The van der Waals surface area contributed by atoms with Crippen LogP contribution in [0.5, 0.6) is 0 Å². The largest absolute Gasteiger partial charge is 0.377 e. The molecule has 0 aliphatic carbocycles. The van der Waals surface area contributed by atoms with Crippen LogP contribution in [-0.2, 0) is 4.74 Å². The van der Waals surface area contributed by atoms with E-state index in [2.05, 4.69) is 13.0 Å². The first-order valence-corrected chi connectivity index (χ1v) is 4.94. The zero-order valence-corrected chi connectivity index (χ0v) is 8.84. The van der Waals surface area contributed by atoms with Gasteiger partial charge in [-0.25, -0.2) is 0 Å². The van der Waals surface area contributed by atoms with E-state index in [1.54, 1.807) is 7.11 Å². The molecule has 0 heterocycles. The highest BCUT2D eigenvalue weighted by molar-refractivity contribution is 6.30. The Morgan fingerprint density at radius 1 is 1.46 bits per heavy atom. The second-order valence-electron chi connectivity index (χ2n) is 3.07. The molecule has 13 heavy (non-hydrogen) atoms. The summed E-state index contributed by atoms with van der Waals surface area (Å²) in [6.45, 7) is 2.15. The van der Waals surface area contributed by atoms with Crippen LogP contribution in [0.1, 0.15) is 31.4 Å². The minimum absolute atomic E-state index is 0.184. The van der Waals surface area contributed by atoms with Gasteiger partial charge in [-0.15, -0.1) is 0 Å². The van der Waals surface area contributed by atoms with Gasteiger partial charge < -0.3 is 4.74 Å². The summed E-state index contributed by atoms with van der Waals surface area (Å²) in [7, 11) is 1.74. The molecule has 1 atom stereocenters. The predicted molar refractivity (Wildman–Crippen MR) is 56.1 cm³/mol. The van der Waals surface area contributed by atoms with Crippen molar-refractivity contribution in [2.45, 2.75) is 25.9 Å². The van der Waals surface area contributed by atoms with E-state index in [4.69, 9.17) is 16.3 Å². The molecular formula is C11H15ClO. The normalized spacial score (nSPS) is 12.8. The summed E-state index contributed by atoms with van der Waals surface area (Å²) in [5.41, 5.74) is 1.16. The highest BCUT2D eigenvalue weighted by Gasteiger charge is 2.08. The fourth-order valence-corrected chi connectivity index (χ4v) is 1.59. The third-order valence-electron chi connectivity index (χ3n) is 2.06. The number of halogens is 1. The molecule has 1 nitrogen and oxygen atoms in total. The van der Waals surface area contributed by atoms with E-state index in [-0.39, 0.29) is 6.10 Å². The lowest BCUT2D eigenvalue weighted by Crippen LogP contribution is -2.00. The zero-order valence-electron chi connectivity index (χ0n) is 8.09. The number of methoxy groups -OCH3 is 1. The first-order valence-electron chi connectivity index (χ1n) is 4.56. The summed E-state index contributed by atoms with van der Waals surface area (Å²) in [6, 6.07) is 7.85. The summed E-state index contributed by atoms with van der Waals surface area (Å²) < 4.78 is 5.37. The molecule has 0 amide bonds. The molecule has 0 spiro atoms. The van der Waals surface area contributed by atoms with Crippen molar-refractivity contribution in [1.29, 1.82) is 0 Å². The second-order valence-corrected chi connectivity index (χ2v) is 3.50. The van der Waals surface area contributed by atoms with Crippen molar-refractivity contribution in [2.75, 3.05) is 7.11 Å². The monoisotopic (exact) mass is 198 g/mol. The number of hydrogen-bond acceptors (Lipinski definition) is 1. The molecule has 0 bridgehead atoms. The van der Waals surface area contributed by atoms with E-state index in [0.29, 0.717) is 0 Å². The van der Waals surface area contributed by atoms with E-state index >= 15 is 0 Å². The Labute approximate surface area is 84.7 Å². The average molecular weight is 199 g/mol. The minimum atomic E-state index is 0.184. The molecule has 0 saturated carbocycles. The van der Waals surface area contributed by atoms with Gasteiger partial charge in [-0.05, 0) is 24.1 Å². The fraction of sp³-hybridized carbons (Fsp3) is 0.455. The summed E-state index contributed by atoms with van der Waals surface area (Å²) in [4.78, 5) is 0. The molecule has 0 aromatic heterocycles. The van der Waals surface area contributed by atoms with Crippen LogP contribution in [0.25, 0.3) is 0 Å². The minimum Gasteiger partial charge on any atom is -0.377 e. The first kappa shape index (κ1) is 10.6. The lowest BCUT2D eigenvalue weighted by Gasteiger charge is -2.14. The van der Waals surface area contributed by atoms with Gasteiger partial charge in [0.25, 0.3) is 0 Å². The first-order chi connectivity index (χ1) is 6.27. The average Bonchev–Trinajstić information content (AvgIpc) is 2.14. The molecule has 0 aliphatic rings. The SMILES string of the molecule is CCC[C@H](OC)c1cccc(Cl)c1. The van der Waals surface area contributed by atoms with Crippen LogP contribution in [-0.4, -0.2) is 7.11 Å².